The molecular weight excluding hydrogens is 508 g/mol. The van der Waals surface area contributed by atoms with Crippen molar-refractivity contribution in [3.63, 3.8) is 0 Å². The van der Waals surface area contributed by atoms with Crippen LogP contribution in [0.4, 0.5) is 5.69 Å². The lowest BCUT2D eigenvalue weighted by Gasteiger charge is -2.32. The number of halogens is 1. The molecule has 1 aliphatic heterocycles. The van der Waals surface area contributed by atoms with Crippen LogP contribution in [0.15, 0.2) is 36.4 Å². The zero-order valence-electron chi connectivity index (χ0n) is 21.8. The third-order valence-electron chi connectivity index (χ3n) is 6.61. The molecule has 0 radical (unpaired) electrons. The molecule has 4 N–H and O–H groups in total. The molecule has 1 fully saturated rings. The molecule has 3 aromatic rings. The Bertz CT molecular complexity index is 1330. The number of anilines is 1. The Hall–Kier alpha value is -3.56. The Balaban J connectivity index is 1.61. The lowest BCUT2D eigenvalue weighted by molar-refractivity contribution is -0.135. The summed E-state index contributed by atoms with van der Waals surface area (Å²) >= 11 is 5.96. The predicted molar refractivity (Wildman–Crippen MR) is 147 cm³/mol. The van der Waals surface area contributed by atoms with Gasteiger partial charge in [-0.3, -0.25) is 14.4 Å². The number of aliphatic hydroxyl groups excluding tert-OH is 1. The molecule has 9 nitrogen and oxygen atoms in total. The van der Waals surface area contributed by atoms with Crippen LogP contribution in [0.1, 0.15) is 60.0 Å². The van der Waals surface area contributed by atoms with Crippen LogP contribution in [0.2, 0.25) is 5.02 Å². The summed E-state index contributed by atoms with van der Waals surface area (Å²) in [7, 11) is 0. The minimum absolute atomic E-state index is 0.107. The van der Waals surface area contributed by atoms with E-state index in [-0.39, 0.29) is 29.9 Å². The van der Waals surface area contributed by atoms with Gasteiger partial charge in [0.2, 0.25) is 5.91 Å². The van der Waals surface area contributed by atoms with Crippen molar-refractivity contribution in [1.82, 2.24) is 15.2 Å². The van der Waals surface area contributed by atoms with E-state index in [2.05, 4.69) is 15.6 Å². The van der Waals surface area contributed by atoms with E-state index < -0.39 is 6.61 Å². The molecule has 2 aromatic carbocycles. The zero-order valence-corrected chi connectivity index (χ0v) is 22.5. The Morgan fingerprint density at radius 2 is 1.82 bits per heavy atom. The van der Waals surface area contributed by atoms with Crippen molar-refractivity contribution in [3.8, 4) is 5.75 Å². The van der Waals surface area contributed by atoms with E-state index in [1.54, 1.807) is 29.2 Å². The van der Waals surface area contributed by atoms with Gasteiger partial charge in [-0.05, 0) is 75.1 Å². The maximum atomic E-state index is 13.4. The molecule has 2 heterocycles. The molecular formula is C28H33ClN4O5. The quantitative estimate of drug-likeness (QED) is 0.342. The maximum Gasteiger partial charge on any atom is 0.271 e. The highest BCUT2D eigenvalue weighted by Crippen LogP contribution is 2.35. The van der Waals surface area contributed by atoms with E-state index in [1.165, 1.54) is 0 Å². The van der Waals surface area contributed by atoms with E-state index in [9.17, 15) is 14.4 Å². The van der Waals surface area contributed by atoms with Gasteiger partial charge in [0.1, 0.15) is 12.3 Å². The Kier molecular flexibility index (Phi) is 8.58. The number of fused-ring (bicyclic) bond motifs is 1. The fraction of sp³-hybridized carbons (Fsp3) is 0.393. The zero-order chi connectivity index (χ0) is 27.4. The Morgan fingerprint density at radius 3 is 2.42 bits per heavy atom. The summed E-state index contributed by atoms with van der Waals surface area (Å²) in [5, 5.41) is 16.4. The third-order valence-corrected chi connectivity index (χ3v) is 6.86. The molecule has 202 valence electrons. The molecule has 0 unspecified atom stereocenters. The summed E-state index contributed by atoms with van der Waals surface area (Å²) in [4.78, 5) is 42.8. The minimum Gasteiger partial charge on any atom is -0.488 e. The van der Waals surface area contributed by atoms with E-state index >= 15 is 0 Å². The van der Waals surface area contributed by atoms with Crippen molar-refractivity contribution in [2.45, 2.75) is 52.2 Å². The second-order valence-electron chi connectivity index (χ2n) is 9.65. The normalized spacial score (nSPS) is 14.1. The molecule has 1 saturated heterocycles. The van der Waals surface area contributed by atoms with Gasteiger partial charge in [0, 0.05) is 40.8 Å². The smallest absolute Gasteiger partial charge is 0.271 e. The van der Waals surface area contributed by atoms with Crippen LogP contribution in [0.3, 0.4) is 0 Å². The summed E-state index contributed by atoms with van der Waals surface area (Å²) in [6.45, 7) is 6.21. The summed E-state index contributed by atoms with van der Waals surface area (Å²) < 4.78 is 6.10. The number of aromatic amines is 1. The number of aromatic nitrogens is 1. The minimum atomic E-state index is -0.510. The molecule has 1 aliphatic rings. The molecule has 0 atom stereocenters. The standard InChI is InChI=1S/C28H33ClN4O5/c1-4-17-13-23-21(14-22(17)32-27(36)18-5-7-19(29)8-6-18)26(38-16(2)3)25(31-23)28(37)30-20-9-11-33(12-10-20)24(35)15-34/h5-8,13-14,16,20,31,34H,4,9-12,15H2,1-3H3,(H,30,37)(H,32,36). The fourth-order valence-corrected chi connectivity index (χ4v) is 4.74. The molecule has 0 saturated carbocycles. The lowest BCUT2D eigenvalue weighted by Crippen LogP contribution is -2.47. The summed E-state index contributed by atoms with van der Waals surface area (Å²) in [6.07, 6.45) is 1.67. The van der Waals surface area contributed by atoms with Gasteiger partial charge in [0.15, 0.2) is 5.75 Å². The molecule has 3 amide bonds. The first kappa shape index (κ1) is 27.5. The van der Waals surface area contributed by atoms with Gasteiger partial charge in [-0.15, -0.1) is 0 Å². The van der Waals surface area contributed by atoms with Crippen molar-refractivity contribution in [2.24, 2.45) is 0 Å². The van der Waals surface area contributed by atoms with E-state index in [0.29, 0.717) is 65.5 Å². The van der Waals surface area contributed by atoms with Crippen LogP contribution in [-0.2, 0) is 11.2 Å². The fourth-order valence-electron chi connectivity index (χ4n) is 4.62. The van der Waals surface area contributed by atoms with Gasteiger partial charge in [-0.2, -0.15) is 0 Å². The number of aryl methyl sites for hydroxylation is 1. The van der Waals surface area contributed by atoms with Crippen molar-refractivity contribution in [3.05, 3.63) is 58.2 Å². The summed E-state index contributed by atoms with van der Waals surface area (Å²) in [5.74, 6) is -0.441. The van der Waals surface area contributed by atoms with Crippen molar-refractivity contribution < 1.29 is 24.2 Å². The van der Waals surface area contributed by atoms with Gasteiger partial charge in [0.05, 0.1) is 11.6 Å². The van der Waals surface area contributed by atoms with Crippen LogP contribution in [0.25, 0.3) is 10.9 Å². The Morgan fingerprint density at radius 1 is 1.13 bits per heavy atom. The molecule has 0 bridgehead atoms. The predicted octanol–water partition coefficient (Wildman–Crippen LogP) is 4.14. The highest BCUT2D eigenvalue weighted by molar-refractivity contribution is 6.30. The number of likely N-dealkylation sites (tertiary alicyclic amines) is 1. The van der Waals surface area contributed by atoms with E-state index in [0.717, 1.165) is 11.1 Å². The summed E-state index contributed by atoms with van der Waals surface area (Å²) in [6, 6.07) is 10.3. The number of amides is 3. The van der Waals surface area contributed by atoms with Gasteiger partial charge >= 0.3 is 0 Å². The molecule has 0 spiro atoms. The number of rotatable bonds is 8. The number of benzene rings is 2. The number of piperidine rings is 1. The number of aliphatic hydroxyl groups is 1. The van der Waals surface area contributed by atoms with Gasteiger partial charge in [-0.1, -0.05) is 18.5 Å². The van der Waals surface area contributed by atoms with Gasteiger partial charge < -0.3 is 30.4 Å². The van der Waals surface area contributed by atoms with E-state index in [4.69, 9.17) is 21.4 Å². The first-order valence-electron chi connectivity index (χ1n) is 12.8. The average molecular weight is 541 g/mol. The molecule has 10 heteroatoms. The number of H-pyrrole nitrogens is 1. The number of carbonyl (C=O) groups excluding carboxylic acids is 3. The summed E-state index contributed by atoms with van der Waals surface area (Å²) in [5.41, 5.74) is 3.07. The van der Waals surface area contributed by atoms with Crippen LogP contribution < -0.4 is 15.4 Å². The highest BCUT2D eigenvalue weighted by atomic mass is 35.5. The number of ether oxygens (including phenoxy) is 1. The molecule has 38 heavy (non-hydrogen) atoms. The average Bonchev–Trinajstić information content (AvgIpc) is 3.25. The van der Waals surface area contributed by atoms with Crippen LogP contribution in [-0.4, -0.2) is 64.6 Å². The number of nitrogens with zero attached hydrogens (tertiary/aromatic N) is 1. The van der Waals surface area contributed by atoms with Crippen LogP contribution >= 0.6 is 11.6 Å². The van der Waals surface area contributed by atoms with Crippen molar-refractivity contribution >= 4 is 45.9 Å². The Labute approximate surface area is 226 Å². The number of nitrogens with one attached hydrogen (secondary N) is 3. The topological polar surface area (TPSA) is 124 Å². The monoisotopic (exact) mass is 540 g/mol. The SMILES string of the molecule is CCc1cc2[nH]c(C(=O)NC3CCN(C(=O)CO)CC3)c(OC(C)C)c2cc1NC(=O)c1ccc(Cl)cc1. The van der Waals surface area contributed by atoms with Crippen LogP contribution in [0.5, 0.6) is 5.75 Å². The lowest BCUT2D eigenvalue weighted by atomic mass is 10.0. The molecule has 1 aromatic heterocycles. The second kappa shape index (κ2) is 11.9. The van der Waals surface area contributed by atoms with Gasteiger partial charge in [0.25, 0.3) is 11.8 Å². The van der Waals surface area contributed by atoms with Gasteiger partial charge in [-0.25, -0.2) is 0 Å². The first-order chi connectivity index (χ1) is 18.2. The first-order valence-corrected chi connectivity index (χ1v) is 13.2. The largest absolute Gasteiger partial charge is 0.488 e. The number of hydrogen-bond donors (Lipinski definition) is 4. The molecule has 0 aliphatic carbocycles. The second-order valence-corrected chi connectivity index (χ2v) is 10.1. The van der Waals surface area contributed by atoms with E-state index in [1.807, 2.05) is 32.9 Å². The molecule has 4 rings (SSSR count). The van der Waals surface area contributed by atoms with Crippen LogP contribution in [0, 0.1) is 0 Å². The number of hydrogen-bond acceptors (Lipinski definition) is 5. The third kappa shape index (κ3) is 6.11. The highest BCUT2D eigenvalue weighted by Gasteiger charge is 2.27. The van der Waals surface area contributed by atoms with Crippen molar-refractivity contribution in [2.75, 3.05) is 25.0 Å². The maximum absolute atomic E-state index is 13.4. The van der Waals surface area contributed by atoms with Crippen molar-refractivity contribution in [1.29, 1.82) is 0 Å². The number of carbonyl (C=O) groups is 3.